The number of anilines is 1. The Kier molecular flexibility index (Phi) is 6.58. The van der Waals surface area contributed by atoms with Gasteiger partial charge in [-0.2, -0.15) is 0 Å². The van der Waals surface area contributed by atoms with Gasteiger partial charge in [0.05, 0.1) is 31.9 Å². The topological polar surface area (TPSA) is 86.0 Å². The molecule has 3 aromatic rings. The lowest BCUT2D eigenvalue weighted by molar-refractivity contribution is 0.0563. The summed E-state index contributed by atoms with van der Waals surface area (Å²) in [5, 5.41) is 1.14. The van der Waals surface area contributed by atoms with Crippen molar-refractivity contribution in [1.29, 1.82) is 0 Å². The first kappa shape index (κ1) is 21.2. The third-order valence-corrected chi connectivity index (χ3v) is 5.68. The Hall–Kier alpha value is -3.52. The number of benzene rings is 2. The van der Waals surface area contributed by atoms with Crippen LogP contribution in [0.3, 0.4) is 0 Å². The first-order chi connectivity index (χ1) is 14.4. The van der Waals surface area contributed by atoms with Crippen LogP contribution in [0.4, 0.5) is 5.69 Å². The standard InChI is InChI=1S/C22H21NO6S/c1-27-19-10-8-18(9-11-19)23(16-20-12-13-21(29-20)22(24)28-2)30(25,26)15-14-17-6-4-3-5-7-17/h3-15H,16H2,1-2H3/b15-14+. The summed E-state index contributed by atoms with van der Waals surface area (Å²) in [6.45, 7) is -0.106. The SMILES string of the molecule is COC(=O)c1ccc(CN(c2ccc(OC)cc2)S(=O)(=O)/C=C/c2ccccc2)o1. The Morgan fingerprint density at radius 3 is 2.33 bits per heavy atom. The summed E-state index contributed by atoms with van der Waals surface area (Å²) in [6, 6.07) is 18.7. The highest BCUT2D eigenvalue weighted by molar-refractivity contribution is 7.95. The molecule has 7 nitrogen and oxygen atoms in total. The first-order valence-corrected chi connectivity index (χ1v) is 10.5. The van der Waals surface area contributed by atoms with E-state index in [1.54, 1.807) is 42.5 Å². The van der Waals surface area contributed by atoms with Crippen LogP contribution in [0.15, 0.2) is 76.6 Å². The van der Waals surface area contributed by atoms with Gasteiger partial charge < -0.3 is 13.9 Å². The van der Waals surface area contributed by atoms with Crippen LogP contribution in [-0.4, -0.2) is 28.6 Å². The van der Waals surface area contributed by atoms with Gasteiger partial charge in [-0.1, -0.05) is 30.3 Å². The van der Waals surface area contributed by atoms with Gasteiger partial charge in [0.15, 0.2) is 0 Å². The molecule has 0 aliphatic carbocycles. The summed E-state index contributed by atoms with van der Waals surface area (Å²) < 4.78 is 42.7. The third-order valence-electron chi connectivity index (χ3n) is 4.25. The van der Waals surface area contributed by atoms with Crippen molar-refractivity contribution in [2.24, 2.45) is 0 Å². The molecule has 0 spiro atoms. The molecule has 1 aromatic heterocycles. The number of hydrogen-bond acceptors (Lipinski definition) is 6. The van der Waals surface area contributed by atoms with E-state index in [1.807, 2.05) is 18.2 Å². The van der Waals surface area contributed by atoms with Crippen LogP contribution in [0.5, 0.6) is 5.75 Å². The summed E-state index contributed by atoms with van der Waals surface area (Å²) in [5.74, 6) is 0.258. The second-order valence-corrected chi connectivity index (χ2v) is 7.96. The summed E-state index contributed by atoms with van der Waals surface area (Å²) in [7, 11) is -1.10. The molecule has 2 aromatic carbocycles. The van der Waals surface area contributed by atoms with Crippen LogP contribution in [0.1, 0.15) is 21.9 Å². The second kappa shape index (κ2) is 9.32. The number of carbonyl (C=O) groups excluding carboxylic acids is 1. The van der Waals surface area contributed by atoms with Crippen LogP contribution in [0.25, 0.3) is 6.08 Å². The lowest BCUT2D eigenvalue weighted by Crippen LogP contribution is -2.28. The van der Waals surface area contributed by atoms with Crippen LogP contribution in [-0.2, 0) is 21.3 Å². The molecule has 3 rings (SSSR count). The zero-order valence-corrected chi connectivity index (χ0v) is 17.3. The molecule has 0 aliphatic rings. The Labute approximate surface area is 175 Å². The average Bonchev–Trinajstić information content (AvgIpc) is 3.25. The number of rotatable bonds is 8. The van der Waals surface area contributed by atoms with Gasteiger partial charge in [0.2, 0.25) is 5.76 Å². The van der Waals surface area contributed by atoms with E-state index in [9.17, 15) is 13.2 Å². The van der Waals surface area contributed by atoms with E-state index in [0.29, 0.717) is 17.2 Å². The number of furan rings is 1. The highest BCUT2D eigenvalue weighted by Gasteiger charge is 2.23. The van der Waals surface area contributed by atoms with E-state index in [4.69, 9.17) is 9.15 Å². The van der Waals surface area contributed by atoms with Crippen molar-refractivity contribution in [2.45, 2.75) is 6.54 Å². The summed E-state index contributed by atoms with van der Waals surface area (Å²) in [4.78, 5) is 11.6. The molecule has 156 valence electrons. The Balaban J connectivity index is 1.94. The number of sulfonamides is 1. The van der Waals surface area contributed by atoms with Crippen molar-refractivity contribution in [1.82, 2.24) is 0 Å². The minimum Gasteiger partial charge on any atom is -0.497 e. The molecule has 0 aliphatic heterocycles. The van der Waals surface area contributed by atoms with Gasteiger partial charge in [0.1, 0.15) is 11.5 Å². The monoisotopic (exact) mass is 427 g/mol. The summed E-state index contributed by atoms with van der Waals surface area (Å²) in [5.41, 5.74) is 1.17. The Bertz CT molecular complexity index is 1120. The predicted molar refractivity (Wildman–Crippen MR) is 114 cm³/mol. The molecule has 1 heterocycles. The zero-order chi connectivity index (χ0) is 21.6. The average molecular weight is 427 g/mol. The molecule has 0 amide bonds. The van der Waals surface area contributed by atoms with Crippen molar-refractivity contribution < 1.29 is 27.1 Å². The van der Waals surface area contributed by atoms with Crippen molar-refractivity contribution in [3.8, 4) is 5.75 Å². The molecule has 0 saturated heterocycles. The van der Waals surface area contributed by atoms with Crippen LogP contribution < -0.4 is 9.04 Å². The van der Waals surface area contributed by atoms with E-state index < -0.39 is 16.0 Å². The van der Waals surface area contributed by atoms with Gasteiger partial charge in [0.25, 0.3) is 10.0 Å². The molecule has 0 N–H and O–H groups in total. The molecule has 0 radical (unpaired) electrons. The minimum absolute atomic E-state index is 0.000550. The maximum Gasteiger partial charge on any atom is 0.373 e. The lowest BCUT2D eigenvalue weighted by atomic mass is 10.2. The zero-order valence-electron chi connectivity index (χ0n) is 16.5. The smallest absolute Gasteiger partial charge is 0.373 e. The van der Waals surface area contributed by atoms with Crippen LogP contribution in [0, 0.1) is 0 Å². The molecule has 0 bridgehead atoms. The molecule has 8 heteroatoms. The number of methoxy groups -OCH3 is 2. The molecule has 0 atom stereocenters. The molecule has 0 fully saturated rings. The van der Waals surface area contributed by atoms with Gasteiger partial charge in [-0.05, 0) is 48.0 Å². The van der Waals surface area contributed by atoms with Crippen LogP contribution >= 0.6 is 0 Å². The van der Waals surface area contributed by atoms with Gasteiger partial charge in [-0.25, -0.2) is 13.2 Å². The number of hydrogen-bond donors (Lipinski definition) is 0. The Morgan fingerprint density at radius 1 is 1.00 bits per heavy atom. The maximum atomic E-state index is 13.1. The van der Waals surface area contributed by atoms with Crippen LogP contribution in [0.2, 0.25) is 0 Å². The van der Waals surface area contributed by atoms with Gasteiger partial charge in [-0.3, -0.25) is 4.31 Å². The van der Waals surface area contributed by atoms with E-state index >= 15 is 0 Å². The maximum absolute atomic E-state index is 13.1. The molecule has 0 unspecified atom stereocenters. The van der Waals surface area contributed by atoms with Gasteiger partial charge >= 0.3 is 5.97 Å². The highest BCUT2D eigenvalue weighted by Crippen LogP contribution is 2.26. The van der Waals surface area contributed by atoms with Gasteiger partial charge in [0, 0.05) is 0 Å². The second-order valence-electron chi connectivity index (χ2n) is 6.22. The molecular formula is C22H21NO6S. The first-order valence-electron chi connectivity index (χ1n) is 9.00. The molecular weight excluding hydrogens is 406 g/mol. The fourth-order valence-electron chi connectivity index (χ4n) is 2.69. The summed E-state index contributed by atoms with van der Waals surface area (Å²) >= 11 is 0. The highest BCUT2D eigenvalue weighted by atomic mass is 32.2. The number of nitrogens with zero attached hydrogens (tertiary/aromatic N) is 1. The fraction of sp³-hybridized carbons (Fsp3) is 0.136. The number of esters is 1. The van der Waals surface area contributed by atoms with Crippen molar-refractivity contribution in [3.63, 3.8) is 0 Å². The van der Waals surface area contributed by atoms with E-state index in [0.717, 1.165) is 11.0 Å². The quantitative estimate of drug-likeness (QED) is 0.504. The predicted octanol–water partition coefficient (Wildman–Crippen LogP) is 4.08. The van der Waals surface area contributed by atoms with Crippen molar-refractivity contribution in [3.05, 3.63) is 89.2 Å². The van der Waals surface area contributed by atoms with Crippen molar-refractivity contribution >= 4 is 27.8 Å². The lowest BCUT2D eigenvalue weighted by Gasteiger charge is -2.22. The van der Waals surface area contributed by atoms with Crippen molar-refractivity contribution in [2.75, 3.05) is 18.5 Å². The fourth-order valence-corrected chi connectivity index (χ4v) is 3.89. The minimum atomic E-state index is -3.87. The summed E-state index contributed by atoms with van der Waals surface area (Å²) in [6.07, 6.45) is 1.52. The van der Waals surface area contributed by atoms with E-state index in [2.05, 4.69) is 4.74 Å². The largest absolute Gasteiger partial charge is 0.497 e. The molecule has 30 heavy (non-hydrogen) atoms. The van der Waals surface area contributed by atoms with E-state index in [-0.39, 0.29) is 12.3 Å². The number of ether oxygens (including phenoxy) is 2. The number of carbonyl (C=O) groups is 1. The van der Waals surface area contributed by atoms with E-state index in [1.165, 1.54) is 30.7 Å². The Morgan fingerprint density at radius 2 is 1.70 bits per heavy atom. The third kappa shape index (κ3) is 5.09. The normalized spacial score (nSPS) is 11.4. The molecule has 0 saturated carbocycles. The van der Waals surface area contributed by atoms with Gasteiger partial charge in [-0.15, -0.1) is 0 Å².